The number of carbonyl (C=O) groups is 2. The first-order chi connectivity index (χ1) is 14.4. The van der Waals surface area contributed by atoms with Crippen molar-refractivity contribution >= 4 is 11.8 Å². The summed E-state index contributed by atoms with van der Waals surface area (Å²) in [6, 6.07) is 2.00. The molecule has 0 bridgehead atoms. The summed E-state index contributed by atoms with van der Waals surface area (Å²) in [7, 11) is 3.43. The van der Waals surface area contributed by atoms with Crippen molar-refractivity contribution in [3.63, 3.8) is 0 Å². The van der Waals surface area contributed by atoms with Gasteiger partial charge in [0.15, 0.2) is 0 Å². The fourth-order valence-electron chi connectivity index (χ4n) is 4.69. The van der Waals surface area contributed by atoms with Gasteiger partial charge in [-0.05, 0) is 26.3 Å². The third-order valence-electron chi connectivity index (χ3n) is 6.44. The molecule has 2 saturated heterocycles. The maximum Gasteiger partial charge on any atom is 0.274 e. The number of aromatic nitrogens is 4. The molecule has 0 unspecified atom stereocenters. The number of likely N-dealkylation sites (tertiary alicyclic amines) is 2. The fraction of sp³-hybridized carbons (Fsp3) is 0.619. The number of amides is 2. The maximum atomic E-state index is 13.5. The van der Waals surface area contributed by atoms with Crippen molar-refractivity contribution < 1.29 is 14.3 Å². The van der Waals surface area contributed by atoms with Gasteiger partial charge >= 0.3 is 0 Å². The van der Waals surface area contributed by atoms with Gasteiger partial charge in [-0.2, -0.15) is 5.10 Å². The zero-order valence-corrected chi connectivity index (χ0v) is 18.1. The smallest absolute Gasteiger partial charge is 0.274 e. The number of methoxy groups -OCH3 is 1. The van der Waals surface area contributed by atoms with Crippen molar-refractivity contribution in [2.24, 2.45) is 12.5 Å². The molecule has 0 radical (unpaired) electrons. The quantitative estimate of drug-likeness (QED) is 0.711. The molecule has 30 heavy (non-hydrogen) atoms. The monoisotopic (exact) mass is 414 g/mol. The second-order valence-corrected chi connectivity index (χ2v) is 8.64. The number of imidazole rings is 1. The van der Waals surface area contributed by atoms with E-state index in [1.807, 2.05) is 22.0 Å². The molecule has 2 atom stereocenters. The Morgan fingerprint density at radius 2 is 2.20 bits per heavy atom. The van der Waals surface area contributed by atoms with Crippen LogP contribution in [0.4, 0.5) is 0 Å². The number of hydrogen-bond donors (Lipinski definition) is 0. The predicted molar refractivity (Wildman–Crippen MR) is 110 cm³/mol. The summed E-state index contributed by atoms with van der Waals surface area (Å²) in [6.07, 6.45) is 6.31. The van der Waals surface area contributed by atoms with Gasteiger partial charge in [-0.3, -0.25) is 14.3 Å². The normalized spacial score (nSPS) is 24.0. The molecule has 0 aromatic carbocycles. The molecule has 2 aliphatic rings. The third kappa shape index (κ3) is 3.40. The van der Waals surface area contributed by atoms with Crippen LogP contribution in [0.25, 0.3) is 0 Å². The summed E-state index contributed by atoms with van der Waals surface area (Å²) in [5, 5.41) is 4.26. The number of aryl methyl sites for hydroxylation is 1. The first-order valence-corrected chi connectivity index (χ1v) is 10.5. The SMILES string of the molecule is COCCN1CC[C@@]2(CN(C(=O)c3ccn(C)n3)C[C@@H]2c2cn(C(C)C)cn2)C1=O. The molecule has 1 spiro atoms. The molecule has 0 saturated carbocycles. The lowest BCUT2D eigenvalue weighted by Crippen LogP contribution is -2.41. The van der Waals surface area contributed by atoms with Crippen LogP contribution in [0.15, 0.2) is 24.8 Å². The summed E-state index contributed by atoms with van der Waals surface area (Å²) in [4.78, 5) is 35.0. The molecular formula is C21H30N6O3. The van der Waals surface area contributed by atoms with Crippen LogP contribution in [0.2, 0.25) is 0 Å². The highest BCUT2D eigenvalue weighted by Gasteiger charge is 2.58. The molecule has 4 rings (SSSR count). The number of carbonyl (C=O) groups excluding carboxylic acids is 2. The van der Waals surface area contributed by atoms with Gasteiger partial charge in [0.25, 0.3) is 5.91 Å². The van der Waals surface area contributed by atoms with Crippen LogP contribution < -0.4 is 0 Å². The van der Waals surface area contributed by atoms with E-state index in [4.69, 9.17) is 4.74 Å². The Bertz CT molecular complexity index is 935. The summed E-state index contributed by atoms with van der Waals surface area (Å²) in [6.45, 7) is 6.80. The van der Waals surface area contributed by atoms with Crippen LogP contribution in [-0.2, 0) is 16.6 Å². The number of rotatable bonds is 6. The van der Waals surface area contributed by atoms with Crippen molar-refractivity contribution in [2.45, 2.75) is 32.2 Å². The van der Waals surface area contributed by atoms with Gasteiger partial charge in [0.1, 0.15) is 5.69 Å². The molecule has 2 aliphatic heterocycles. The predicted octanol–water partition coefficient (Wildman–Crippen LogP) is 1.30. The van der Waals surface area contributed by atoms with Crippen molar-refractivity contribution in [2.75, 3.05) is 39.9 Å². The lowest BCUT2D eigenvalue weighted by atomic mass is 9.75. The van der Waals surface area contributed by atoms with Crippen molar-refractivity contribution in [1.29, 1.82) is 0 Å². The van der Waals surface area contributed by atoms with E-state index < -0.39 is 5.41 Å². The summed E-state index contributed by atoms with van der Waals surface area (Å²) in [5.74, 6) is -0.172. The van der Waals surface area contributed by atoms with Crippen molar-refractivity contribution in [3.05, 3.63) is 36.2 Å². The largest absolute Gasteiger partial charge is 0.383 e. The van der Waals surface area contributed by atoms with E-state index in [9.17, 15) is 9.59 Å². The van der Waals surface area contributed by atoms with Crippen molar-refractivity contribution in [3.8, 4) is 0 Å². The van der Waals surface area contributed by atoms with E-state index in [1.54, 1.807) is 36.0 Å². The van der Waals surface area contributed by atoms with Crippen LogP contribution in [0, 0.1) is 5.41 Å². The second kappa shape index (κ2) is 7.86. The Kier molecular flexibility index (Phi) is 5.40. The molecule has 0 N–H and O–H groups in total. The highest BCUT2D eigenvalue weighted by Crippen LogP contribution is 2.49. The fourth-order valence-corrected chi connectivity index (χ4v) is 4.69. The van der Waals surface area contributed by atoms with Crippen LogP contribution in [0.1, 0.15) is 48.4 Å². The van der Waals surface area contributed by atoms with E-state index in [1.165, 1.54) is 0 Å². The van der Waals surface area contributed by atoms with E-state index in [-0.39, 0.29) is 23.8 Å². The van der Waals surface area contributed by atoms with E-state index >= 15 is 0 Å². The molecule has 0 aliphatic carbocycles. The zero-order chi connectivity index (χ0) is 21.5. The Morgan fingerprint density at radius 1 is 1.40 bits per heavy atom. The second-order valence-electron chi connectivity index (χ2n) is 8.64. The molecule has 9 heteroatoms. The van der Waals surface area contributed by atoms with Crippen LogP contribution in [0.5, 0.6) is 0 Å². The first-order valence-electron chi connectivity index (χ1n) is 10.5. The maximum absolute atomic E-state index is 13.5. The Morgan fingerprint density at radius 3 is 2.83 bits per heavy atom. The minimum atomic E-state index is -0.644. The van der Waals surface area contributed by atoms with Gasteiger partial charge in [0, 0.05) is 64.7 Å². The summed E-state index contributed by atoms with van der Waals surface area (Å²) in [5.41, 5.74) is 0.638. The average Bonchev–Trinajstić information content (AvgIpc) is 3.49. The highest BCUT2D eigenvalue weighted by atomic mass is 16.5. The molecule has 2 aromatic heterocycles. The Hall–Kier alpha value is -2.68. The molecule has 2 amide bonds. The molecule has 9 nitrogen and oxygen atoms in total. The number of ether oxygens (including phenoxy) is 1. The zero-order valence-electron chi connectivity index (χ0n) is 18.1. The molecular weight excluding hydrogens is 384 g/mol. The lowest BCUT2D eigenvalue weighted by molar-refractivity contribution is -0.136. The standard InChI is InChI=1S/C21H30N6O3/c1-15(2)27-12-18(22-14-27)16-11-26(19(28)17-5-7-24(3)23-17)13-21(16)6-8-25(20(21)29)9-10-30-4/h5,7,12,14-16H,6,8-11,13H2,1-4H3/t16-,21+/m1/s1. The third-order valence-corrected chi connectivity index (χ3v) is 6.44. The molecule has 2 aromatic rings. The summed E-state index contributed by atoms with van der Waals surface area (Å²) >= 11 is 0. The first kappa shape index (κ1) is 20.6. The highest BCUT2D eigenvalue weighted by molar-refractivity contribution is 5.94. The van der Waals surface area contributed by atoms with Gasteiger partial charge in [0.05, 0.1) is 24.0 Å². The molecule has 2 fully saturated rings. The van der Waals surface area contributed by atoms with Crippen LogP contribution in [0.3, 0.4) is 0 Å². The minimum absolute atomic E-state index is 0.0972. The Labute approximate surface area is 176 Å². The lowest BCUT2D eigenvalue weighted by Gasteiger charge is -2.27. The topological polar surface area (TPSA) is 85.5 Å². The van der Waals surface area contributed by atoms with E-state index in [2.05, 4.69) is 23.9 Å². The van der Waals surface area contributed by atoms with Gasteiger partial charge in [-0.25, -0.2) is 4.98 Å². The van der Waals surface area contributed by atoms with E-state index in [0.29, 0.717) is 44.9 Å². The van der Waals surface area contributed by atoms with Gasteiger partial charge in [0.2, 0.25) is 5.91 Å². The Balaban J connectivity index is 1.66. The molecule has 162 valence electrons. The average molecular weight is 415 g/mol. The van der Waals surface area contributed by atoms with Crippen LogP contribution in [-0.4, -0.2) is 80.8 Å². The van der Waals surface area contributed by atoms with Crippen LogP contribution >= 0.6 is 0 Å². The van der Waals surface area contributed by atoms with Gasteiger partial charge < -0.3 is 19.1 Å². The van der Waals surface area contributed by atoms with E-state index in [0.717, 1.165) is 5.69 Å². The summed E-state index contributed by atoms with van der Waals surface area (Å²) < 4.78 is 8.85. The van der Waals surface area contributed by atoms with Gasteiger partial charge in [-0.1, -0.05) is 0 Å². The van der Waals surface area contributed by atoms with Gasteiger partial charge in [-0.15, -0.1) is 0 Å². The number of hydrogen-bond acceptors (Lipinski definition) is 5. The van der Waals surface area contributed by atoms with Crippen molar-refractivity contribution in [1.82, 2.24) is 29.1 Å². The minimum Gasteiger partial charge on any atom is -0.383 e. The number of nitrogens with zero attached hydrogens (tertiary/aromatic N) is 6. The molecule has 4 heterocycles.